The van der Waals surface area contributed by atoms with Crippen LogP contribution in [0.15, 0.2) is 48.8 Å². The van der Waals surface area contributed by atoms with E-state index >= 15 is 0 Å². The van der Waals surface area contributed by atoms with Crippen LogP contribution in [0.3, 0.4) is 0 Å². The predicted octanol–water partition coefficient (Wildman–Crippen LogP) is 5.48. The average molecular weight is 767 g/mol. The lowest BCUT2D eigenvalue weighted by atomic mass is 9.83. The minimum absolute atomic E-state index is 0.0410. The van der Waals surface area contributed by atoms with Gasteiger partial charge in [-0.25, -0.2) is 14.8 Å². The molecule has 14 heteroatoms. The van der Waals surface area contributed by atoms with Crippen LogP contribution < -0.4 is 10.6 Å². The number of carbonyl (C=O) groups excluding carboxylic acids is 3. The maximum atomic E-state index is 13.6. The standard InChI is InChI=1S/C42H54N8O6/c1-23(2)35(47-41(53)55-5)39(51)49-17-7-9-33(49)37-43-21-31(45-37)27-13-15-29-25(19-27)11-12-26-20-28(14-16-30(26)29)32-22-44-38(46-32)34-10-8-18-50(34)40(52)36(24(3)4)48-42(54)56-6/h13-16,19-24,33-36,41,47,53H,7-12,17-18H2,1-6H3,(H,43,45)(H,44,46)(H,48,54)/t33-,34-,35-,36-,41?/m0/s1. The molecule has 7 rings (SSSR count). The summed E-state index contributed by atoms with van der Waals surface area (Å²) in [6.45, 7) is 8.95. The summed E-state index contributed by atoms with van der Waals surface area (Å²) in [5, 5.41) is 15.7. The molecule has 1 unspecified atom stereocenters. The topological polar surface area (TPSA) is 178 Å². The van der Waals surface area contributed by atoms with Crippen molar-refractivity contribution in [1.29, 1.82) is 0 Å². The van der Waals surface area contributed by atoms with Crippen LogP contribution in [0, 0.1) is 11.8 Å². The second-order valence-electron chi connectivity index (χ2n) is 15.8. The Bertz CT molecular complexity index is 2060. The highest BCUT2D eigenvalue weighted by Gasteiger charge is 2.39. The van der Waals surface area contributed by atoms with Crippen molar-refractivity contribution in [3.63, 3.8) is 0 Å². The van der Waals surface area contributed by atoms with Crippen molar-refractivity contribution in [2.45, 2.75) is 96.8 Å². The zero-order valence-electron chi connectivity index (χ0n) is 33.1. The van der Waals surface area contributed by atoms with Gasteiger partial charge < -0.3 is 39.7 Å². The van der Waals surface area contributed by atoms with Gasteiger partial charge in [-0.2, -0.15) is 0 Å². The molecule has 5 atom stereocenters. The van der Waals surface area contributed by atoms with Gasteiger partial charge in [0.1, 0.15) is 17.7 Å². The maximum absolute atomic E-state index is 13.6. The van der Waals surface area contributed by atoms with Gasteiger partial charge in [0.2, 0.25) is 18.2 Å². The van der Waals surface area contributed by atoms with Crippen LogP contribution in [0.1, 0.15) is 88.2 Å². The van der Waals surface area contributed by atoms with E-state index in [1.165, 1.54) is 36.5 Å². The van der Waals surface area contributed by atoms with E-state index in [4.69, 9.17) is 19.4 Å². The molecular formula is C42H54N8O6. The molecule has 2 aliphatic heterocycles. The number of hydrogen-bond acceptors (Lipinski definition) is 9. The Labute approximate surface area is 327 Å². The van der Waals surface area contributed by atoms with Crippen molar-refractivity contribution in [1.82, 2.24) is 40.4 Å². The molecule has 3 amide bonds. The minimum Gasteiger partial charge on any atom is -0.453 e. The number of carbonyl (C=O) groups is 3. The van der Waals surface area contributed by atoms with Gasteiger partial charge in [0.15, 0.2) is 0 Å². The van der Waals surface area contributed by atoms with E-state index in [1.54, 1.807) is 0 Å². The van der Waals surface area contributed by atoms with Gasteiger partial charge >= 0.3 is 6.09 Å². The molecule has 2 aromatic carbocycles. The fraction of sp³-hybridized carbons (Fsp3) is 0.500. The number of amides is 3. The van der Waals surface area contributed by atoms with E-state index in [2.05, 4.69) is 57.0 Å². The number of imidazole rings is 2. The van der Waals surface area contributed by atoms with E-state index in [-0.39, 0.29) is 35.7 Å². The van der Waals surface area contributed by atoms with Gasteiger partial charge in [0, 0.05) is 20.2 Å². The molecule has 14 nitrogen and oxygen atoms in total. The summed E-state index contributed by atoms with van der Waals surface area (Å²) in [5.41, 5.74) is 8.87. The van der Waals surface area contributed by atoms with Gasteiger partial charge in [-0.1, -0.05) is 52.0 Å². The fourth-order valence-electron chi connectivity index (χ4n) is 8.49. The molecule has 5 N–H and O–H groups in total. The molecule has 4 heterocycles. The SMILES string of the molecule is COC(=O)N[C@H](C(=O)N1CCC[C@H]1c1ncc(-c2ccc3c(c2)CCc2cc(-c4cnc([C@@H]5CCCN5C(=O)[C@@H](NC(O)OC)C(C)C)[nH]4)ccc2-3)[nH]1)C(C)C. The van der Waals surface area contributed by atoms with E-state index in [9.17, 15) is 19.5 Å². The summed E-state index contributed by atoms with van der Waals surface area (Å²) in [6.07, 6.45) is 6.99. The molecule has 298 valence electrons. The Morgan fingerprint density at radius 2 is 1.25 bits per heavy atom. The highest BCUT2D eigenvalue weighted by molar-refractivity contribution is 5.86. The number of nitrogens with zero attached hydrogens (tertiary/aromatic N) is 4. The number of hydrogen-bond donors (Lipinski definition) is 5. The third-order valence-electron chi connectivity index (χ3n) is 11.5. The quantitative estimate of drug-likeness (QED) is 0.117. The lowest BCUT2D eigenvalue weighted by Gasteiger charge is -2.31. The number of likely N-dealkylation sites (tertiary alicyclic amines) is 2. The normalized spacial score (nSPS) is 19.5. The van der Waals surface area contributed by atoms with Crippen LogP contribution in [-0.2, 0) is 31.9 Å². The van der Waals surface area contributed by atoms with Gasteiger partial charge in [-0.15, -0.1) is 0 Å². The largest absolute Gasteiger partial charge is 0.453 e. The second kappa shape index (κ2) is 16.6. The van der Waals surface area contributed by atoms with Gasteiger partial charge in [-0.3, -0.25) is 14.9 Å². The zero-order chi connectivity index (χ0) is 39.7. The van der Waals surface area contributed by atoms with Crippen molar-refractivity contribution in [3.8, 4) is 33.6 Å². The first-order valence-electron chi connectivity index (χ1n) is 19.8. The first-order chi connectivity index (χ1) is 27.0. The average Bonchev–Trinajstić information content (AvgIpc) is 4.04. The Morgan fingerprint density at radius 3 is 1.70 bits per heavy atom. The third-order valence-corrected chi connectivity index (χ3v) is 11.5. The van der Waals surface area contributed by atoms with Crippen LogP contribution in [0.4, 0.5) is 4.79 Å². The number of alkyl carbamates (subject to hydrolysis) is 1. The monoisotopic (exact) mass is 766 g/mol. The first kappa shape index (κ1) is 39.2. The number of aryl methyl sites for hydroxylation is 2. The third kappa shape index (κ3) is 7.82. The molecular weight excluding hydrogens is 713 g/mol. The fourth-order valence-corrected chi connectivity index (χ4v) is 8.49. The number of benzene rings is 2. The summed E-state index contributed by atoms with van der Waals surface area (Å²) >= 11 is 0. The van der Waals surface area contributed by atoms with Crippen LogP contribution in [0.2, 0.25) is 0 Å². The Morgan fingerprint density at radius 1 is 0.768 bits per heavy atom. The molecule has 0 radical (unpaired) electrons. The van der Waals surface area contributed by atoms with Crippen molar-refractivity contribution in [3.05, 3.63) is 71.6 Å². The van der Waals surface area contributed by atoms with Crippen molar-refractivity contribution in [2.24, 2.45) is 11.8 Å². The highest BCUT2D eigenvalue weighted by atomic mass is 16.6. The summed E-state index contributed by atoms with van der Waals surface area (Å²) in [4.78, 5) is 59.5. The highest BCUT2D eigenvalue weighted by Crippen LogP contribution is 2.39. The Kier molecular flexibility index (Phi) is 11.6. The molecule has 0 saturated carbocycles. The van der Waals surface area contributed by atoms with E-state index in [0.717, 1.165) is 72.7 Å². The molecule has 0 spiro atoms. The number of methoxy groups -OCH3 is 2. The number of aromatic amines is 2. The second-order valence-corrected chi connectivity index (χ2v) is 15.8. The summed E-state index contributed by atoms with van der Waals surface area (Å²) in [6, 6.07) is 11.5. The van der Waals surface area contributed by atoms with E-state index < -0.39 is 24.6 Å². The number of fused-ring (bicyclic) bond motifs is 3. The molecule has 2 aromatic heterocycles. The number of H-pyrrole nitrogens is 2. The number of aromatic nitrogens is 4. The maximum Gasteiger partial charge on any atom is 0.407 e. The lowest BCUT2D eigenvalue weighted by Crippen LogP contribution is -2.52. The van der Waals surface area contributed by atoms with Crippen LogP contribution in [-0.4, -0.2) is 98.6 Å². The zero-order valence-corrected chi connectivity index (χ0v) is 33.1. The molecule has 56 heavy (non-hydrogen) atoms. The summed E-state index contributed by atoms with van der Waals surface area (Å²) in [7, 11) is 2.69. The number of aliphatic hydroxyl groups excluding tert-OH is 1. The molecule has 2 saturated heterocycles. The van der Waals surface area contributed by atoms with Crippen LogP contribution in [0.25, 0.3) is 33.6 Å². The number of nitrogens with one attached hydrogen (secondary N) is 4. The van der Waals surface area contributed by atoms with Crippen molar-refractivity contribution >= 4 is 17.9 Å². The predicted molar refractivity (Wildman–Crippen MR) is 211 cm³/mol. The number of ether oxygens (including phenoxy) is 2. The smallest absolute Gasteiger partial charge is 0.407 e. The molecule has 0 bridgehead atoms. The molecule has 4 aromatic rings. The van der Waals surface area contributed by atoms with Gasteiger partial charge in [-0.05, 0) is 95.9 Å². The lowest BCUT2D eigenvalue weighted by molar-refractivity contribution is -0.145. The van der Waals surface area contributed by atoms with Gasteiger partial charge in [0.25, 0.3) is 0 Å². The Hall–Kier alpha value is -5.05. The van der Waals surface area contributed by atoms with Gasteiger partial charge in [0.05, 0.1) is 49.0 Å². The van der Waals surface area contributed by atoms with E-state index in [1.807, 2.05) is 49.9 Å². The molecule has 1 aliphatic carbocycles. The number of aliphatic hydroxyl groups is 1. The minimum atomic E-state index is -1.22. The van der Waals surface area contributed by atoms with Crippen molar-refractivity contribution in [2.75, 3.05) is 27.3 Å². The summed E-state index contributed by atoms with van der Waals surface area (Å²) < 4.78 is 9.74. The van der Waals surface area contributed by atoms with E-state index in [0.29, 0.717) is 13.1 Å². The molecule has 3 aliphatic rings. The first-order valence-corrected chi connectivity index (χ1v) is 19.8. The summed E-state index contributed by atoms with van der Waals surface area (Å²) in [5.74, 6) is 1.17. The van der Waals surface area contributed by atoms with Crippen LogP contribution >= 0.6 is 0 Å². The van der Waals surface area contributed by atoms with Crippen LogP contribution in [0.5, 0.6) is 0 Å². The number of rotatable bonds is 12. The Balaban J connectivity index is 1.05. The molecule has 2 fully saturated rings. The van der Waals surface area contributed by atoms with Crippen molar-refractivity contribution < 1.29 is 29.0 Å².